The molecule has 0 aliphatic carbocycles. The first-order valence-corrected chi connectivity index (χ1v) is 3.00. The van der Waals surface area contributed by atoms with E-state index in [9.17, 15) is 0 Å². The molecule has 5 heavy (non-hydrogen) atoms. The van der Waals surface area contributed by atoms with Crippen LogP contribution in [0.3, 0.4) is 0 Å². The Hall–Kier alpha value is 0.790. The van der Waals surface area contributed by atoms with Gasteiger partial charge >= 0.3 is 46.5 Å². The number of rotatable bonds is 0. The van der Waals surface area contributed by atoms with Gasteiger partial charge in [-0.3, -0.25) is 0 Å². The summed E-state index contributed by atoms with van der Waals surface area (Å²) in [4.78, 5) is 0. The Kier molecular flexibility index (Phi) is 1.73. The van der Waals surface area contributed by atoms with E-state index in [0.717, 1.165) is 0 Å². The molecule has 0 N–H and O–H groups in total. The molecule has 0 aromatic rings. The molecule has 0 atom stereocenters. The third-order valence-corrected chi connectivity index (χ3v) is 0. The molecule has 0 spiro atoms. The van der Waals surface area contributed by atoms with Crippen molar-refractivity contribution in [2.24, 2.45) is 0 Å². The molecule has 0 amide bonds. The van der Waals surface area contributed by atoms with Crippen LogP contribution in [-0.4, -0.2) is 22.3 Å². The van der Waals surface area contributed by atoms with Crippen LogP contribution in [0.2, 0.25) is 3.46 Å². The average Bonchev–Trinajstić information content (AvgIpc) is 0.722. The monoisotopic (exact) mass is 188 g/mol. The Morgan fingerprint density at radius 2 is 1.20 bits per heavy atom. The molecule has 0 radical (unpaired) electrons. The maximum absolute atomic E-state index is 2.21. The summed E-state index contributed by atoms with van der Waals surface area (Å²) in [5.41, 5.74) is 0. The fourth-order valence-electron chi connectivity index (χ4n) is 0. The van der Waals surface area contributed by atoms with E-state index >= 15 is 0 Å². The van der Waals surface area contributed by atoms with E-state index < -0.39 is 0 Å². The van der Waals surface area contributed by atoms with Crippen LogP contribution in [0.1, 0.15) is 20.8 Å². The van der Waals surface area contributed by atoms with Gasteiger partial charge in [0.1, 0.15) is 0 Å². The first kappa shape index (κ1) is 5.79. The van der Waals surface area contributed by atoms with Crippen LogP contribution in [-0.2, 0) is 0 Å². The summed E-state index contributed by atoms with van der Waals surface area (Å²) in [7, 11) is 0. The van der Waals surface area contributed by atoms with Gasteiger partial charge in [-0.25, -0.2) is 0 Å². The molecule has 1 heteroatoms. The van der Waals surface area contributed by atoms with Crippen molar-refractivity contribution in [1.82, 2.24) is 0 Å². The van der Waals surface area contributed by atoms with Gasteiger partial charge < -0.3 is 0 Å². The van der Waals surface area contributed by atoms with Gasteiger partial charge in [0.2, 0.25) is 0 Å². The van der Waals surface area contributed by atoms with E-state index in [1.807, 2.05) is 22.3 Å². The van der Waals surface area contributed by atoms with Crippen molar-refractivity contribution in [2.45, 2.75) is 24.2 Å². The summed E-state index contributed by atoms with van der Waals surface area (Å²) in [6, 6.07) is 0. The predicted octanol–water partition coefficient (Wildman–Crippen LogP) is 1.11. The van der Waals surface area contributed by atoms with Gasteiger partial charge in [0.25, 0.3) is 0 Å². The molecule has 0 nitrogen and oxygen atoms in total. The Morgan fingerprint density at radius 1 is 1.20 bits per heavy atom. The molecule has 0 saturated carbocycles. The standard InChI is InChI=1S/C4H10Te/c1-4(2,3)5/h5H,1-3H3. The molecule has 0 aliphatic heterocycles. The van der Waals surface area contributed by atoms with Crippen molar-refractivity contribution >= 4 is 22.3 Å². The van der Waals surface area contributed by atoms with Crippen LogP contribution in [0, 0.1) is 0 Å². The molecule has 0 aliphatic rings. The van der Waals surface area contributed by atoms with Gasteiger partial charge in [-0.2, -0.15) is 0 Å². The molecule has 0 bridgehead atoms. The molecule has 0 heterocycles. The third-order valence-electron chi connectivity index (χ3n) is 0. The maximum atomic E-state index is 2.21. The average molecular weight is 186 g/mol. The summed E-state index contributed by atoms with van der Waals surface area (Å²) < 4.78 is 0.550. The molecule has 32 valence electrons. The van der Waals surface area contributed by atoms with Crippen molar-refractivity contribution in [3.8, 4) is 0 Å². The van der Waals surface area contributed by atoms with E-state index in [-0.39, 0.29) is 0 Å². The Balaban J connectivity index is 3.02. The van der Waals surface area contributed by atoms with Crippen LogP contribution < -0.4 is 0 Å². The molecule has 0 saturated heterocycles. The zero-order valence-corrected chi connectivity index (χ0v) is 6.50. The van der Waals surface area contributed by atoms with Crippen LogP contribution in [0.5, 0.6) is 0 Å². The first-order chi connectivity index (χ1) is 2.00. The van der Waals surface area contributed by atoms with Gasteiger partial charge in [0.05, 0.1) is 0 Å². The van der Waals surface area contributed by atoms with Crippen LogP contribution >= 0.6 is 0 Å². The summed E-state index contributed by atoms with van der Waals surface area (Å²) in [6.45, 7) is 6.63. The van der Waals surface area contributed by atoms with Crippen LogP contribution in [0.25, 0.3) is 0 Å². The van der Waals surface area contributed by atoms with E-state index in [4.69, 9.17) is 0 Å². The van der Waals surface area contributed by atoms with Crippen LogP contribution in [0.4, 0.5) is 0 Å². The minimum atomic E-state index is 0.550. The van der Waals surface area contributed by atoms with Crippen molar-refractivity contribution in [2.75, 3.05) is 0 Å². The van der Waals surface area contributed by atoms with Gasteiger partial charge in [0.15, 0.2) is 0 Å². The molecule has 0 fully saturated rings. The van der Waals surface area contributed by atoms with E-state index in [0.29, 0.717) is 3.46 Å². The molecule has 0 unspecified atom stereocenters. The second-order valence-electron chi connectivity index (χ2n) is 2.17. The van der Waals surface area contributed by atoms with Crippen molar-refractivity contribution in [3.05, 3.63) is 0 Å². The molecular weight excluding hydrogens is 176 g/mol. The van der Waals surface area contributed by atoms with Gasteiger partial charge in [-0.15, -0.1) is 0 Å². The quantitative estimate of drug-likeness (QED) is 0.496. The van der Waals surface area contributed by atoms with E-state index in [2.05, 4.69) is 20.8 Å². The Labute approximate surface area is 46.9 Å². The third kappa shape index (κ3) is 59.8. The number of hydrogen-bond donors (Lipinski definition) is 0. The second-order valence-corrected chi connectivity index (χ2v) is 6.00. The molecule has 0 aromatic heterocycles. The Bertz CT molecular complexity index is 19.1. The zero-order valence-electron chi connectivity index (χ0n) is 3.95. The Morgan fingerprint density at radius 3 is 1.20 bits per heavy atom. The topological polar surface area (TPSA) is 0 Å². The summed E-state index contributed by atoms with van der Waals surface area (Å²) >= 11 is 1.87. The predicted molar refractivity (Wildman–Crippen MR) is 26.9 cm³/mol. The SMILES string of the molecule is CC(C)(C)[TeH]. The van der Waals surface area contributed by atoms with E-state index in [1.165, 1.54) is 0 Å². The summed E-state index contributed by atoms with van der Waals surface area (Å²) in [5.74, 6) is 0. The molecule has 0 aromatic carbocycles. The molecule has 0 rings (SSSR count). The molecular formula is C4H10Te. The van der Waals surface area contributed by atoms with Crippen LogP contribution in [0.15, 0.2) is 0 Å². The number of hydrogen-bond acceptors (Lipinski definition) is 0. The van der Waals surface area contributed by atoms with Gasteiger partial charge in [-0.05, 0) is 0 Å². The zero-order chi connectivity index (χ0) is 4.50. The fourth-order valence-corrected chi connectivity index (χ4v) is 0. The summed E-state index contributed by atoms with van der Waals surface area (Å²) in [5, 5.41) is 0. The fraction of sp³-hybridized carbons (Fsp3) is 1.00. The normalized spacial score (nSPS) is 12.0. The minimum absolute atomic E-state index is 0.550. The van der Waals surface area contributed by atoms with Crippen molar-refractivity contribution in [3.63, 3.8) is 0 Å². The second kappa shape index (κ2) is 1.49. The summed E-state index contributed by atoms with van der Waals surface area (Å²) in [6.07, 6.45) is 0. The van der Waals surface area contributed by atoms with E-state index in [1.54, 1.807) is 0 Å². The van der Waals surface area contributed by atoms with Crippen molar-refractivity contribution < 1.29 is 0 Å². The first-order valence-electron chi connectivity index (χ1n) is 1.72. The van der Waals surface area contributed by atoms with Gasteiger partial charge in [0, 0.05) is 0 Å². The van der Waals surface area contributed by atoms with Gasteiger partial charge in [-0.1, -0.05) is 0 Å². The van der Waals surface area contributed by atoms with Crippen molar-refractivity contribution in [1.29, 1.82) is 0 Å².